The molecule has 0 aliphatic rings. The number of pyridine rings is 1. The van der Waals surface area contributed by atoms with E-state index in [2.05, 4.69) is 24.1 Å². The fraction of sp³-hybridized carbons (Fsp3) is 0.385. The van der Waals surface area contributed by atoms with Crippen LogP contribution in [0.5, 0.6) is 0 Å². The maximum absolute atomic E-state index is 9.11. The number of hydrogen-bond donors (Lipinski definition) is 1. The highest BCUT2D eigenvalue weighted by Gasteiger charge is 2.19. The number of fused-ring (bicyclic) bond motifs is 1. The van der Waals surface area contributed by atoms with Gasteiger partial charge in [-0.25, -0.2) is 4.52 Å². The zero-order chi connectivity index (χ0) is 12.4. The van der Waals surface area contributed by atoms with Crippen molar-refractivity contribution < 1.29 is 5.21 Å². The Bertz CT molecular complexity index is 555. The van der Waals surface area contributed by atoms with Crippen molar-refractivity contribution in [3.63, 3.8) is 0 Å². The first-order valence-corrected chi connectivity index (χ1v) is 5.87. The Morgan fingerprint density at radius 3 is 2.82 bits per heavy atom. The average molecular weight is 231 g/mol. The van der Waals surface area contributed by atoms with E-state index in [-0.39, 0.29) is 0 Å². The second kappa shape index (κ2) is 4.57. The first kappa shape index (κ1) is 11.6. The smallest absolute Gasteiger partial charge is 0.0905 e. The minimum atomic E-state index is 0.299. The van der Waals surface area contributed by atoms with E-state index in [4.69, 9.17) is 5.21 Å². The minimum Gasteiger partial charge on any atom is -0.411 e. The summed E-state index contributed by atoms with van der Waals surface area (Å²) >= 11 is 0. The molecule has 0 saturated carbocycles. The molecule has 0 amide bonds. The van der Waals surface area contributed by atoms with Crippen LogP contribution in [0, 0.1) is 0 Å². The lowest BCUT2D eigenvalue weighted by molar-refractivity contribution is 0.318. The van der Waals surface area contributed by atoms with Gasteiger partial charge in [0.15, 0.2) is 0 Å². The summed E-state index contributed by atoms with van der Waals surface area (Å²) in [5, 5.41) is 17.1. The van der Waals surface area contributed by atoms with E-state index in [1.165, 1.54) is 0 Å². The van der Waals surface area contributed by atoms with Crippen LogP contribution in [0.4, 0.5) is 0 Å². The molecule has 0 spiro atoms. The topological polar surface area (TPSA) is 49.9 Å². The average Bonchev–Trinajstić information content (AvgIpc) is 2.71. The molecular weight excluding hydrogens is 214 g/mol. The molecule has 0 aromatic carbocycles. The van der Waals surface area contributed by atoms with Gasteiger partial charge in [-0.1, -0.05) is 32.0 Å². The Morgan fingerprint density at radius 1 is 1.47 bits per heavy atom. The van der Waals surface area contributed by atoms with Gasteiger partial charge in [0, 0.05) is 11.8 Å². The number of nitrogens with zero attached hydrogens (tertiary/aromatic N) is 3. The van der Waals surface area contributed by atoms with E-state index in [0.29, 0.717) is 18.1 Å². The SMILES string of the molecule is CC/C(=N/O)c1c(C(C)C)nn2ccccc12. The third kappa shape index (κ3) is 1.90. The Morgan fingerprint density at radius 2 is 2.24 bits per heavy atom. The highest BCUT2D eigenvalue weighted by Crippen LogP contribution is 2.24. The molecule has 0 unspecified atom stereocenters. The molecule has 4 heteroatoms. The third-order valence-electron chi connectivity index (χ3n) is 2.86. The highest BCUT2D eigenvalue weighted by molar-refractivity contribution is 6.06. The van der Waals surface area contributed by atoms with Crippen LogP contribution in [0.25, 0.3) is 5.52 Å². The molecule has 2 heterocycles. The molecule has 2 aromatic rings. The maximum atomic E-state index is 9.11. The van der Waals surface area contributed by atoms with Gasteiger partial charge in [0.2, 0.25) is 0 Å². The molecule has 4 nitrogen and oxygen atoms in total. The van der Waals surface area contributed by atoms with E-state index in [1.807, 2.05) is 35.8 Å². The number of aromatic nitrogens is 2. The molecule has 0 aliphatic carbocycles. The summed E-state index contributed by atoms with van der Waals surface area (Å²) in [4.78, 5) is 0. The third-order valence-corrected chi connectivity index (χ3v) is 2.86. The van der Waals surface area contributed by atoms with Crippen LogP contribution in [-0.2, 0) is 0 Å². The van der Waals surface area contributed by atoms with Crippen molar-refractivity contribution in [1.82, 2.24) is 9.61 Å². The highest BCUT2D eigenvalue weighted by atomic mass is 16.4. The normalized spacial score (nSPS) is 12.6. The van der Waals surface area contributed by atoms with Crippen molar-refractivity contribution >= 4 is 11.2 Å². The molecule has 0 fully saturated rings. The minimum absolute atomic E-state index is 0.299. The van der Waals surface area contributed by atoms with Gasteiger partial charge in [-0.15, -0.1) is 0 Å². The maximum Gasteiger partial charge on any atom is 0.0905 e. The Labute approximate surface area is 101 Å². The van der Waals surface area contributed by atoms with Crippen molar-refractivity contribution in [2.24, 2.45) is 5.16 Å². The second-order valence-corrected chi connectivity index (χ2v) is 4.35. The van der Waals surface area contributed by atoms with Crippen molar-refractivity contribution in [1.29, 1.82) is 0 Å². The summed E-state index contributed by atoms with van der Waals surface area (Å²) in [6.45, 7) is 6.16. The largest absolute Gasteiger partial charge is 0.411 e. The molecule has 0 atom stereocenters. The van der Waals surface area contributed by atoms with Crippen LogP contribution in [-0.4, -0.2) is 20.5 Å². The summed E-state index contributed by atoms with van der Waals surface area (Å²) in [6.07, 6.45) is 2.60. The molecule has 1 N–H and O–H groups in total. The summed E-state index contributed by atoms with van der Waals surface area (Å²) in [5.41, 5.74) is 3.62. The van der Waals surface area contributed by atoms with Gasteiger partial charge in [0.05, 0.1) is 16.9 Å². The molecule has 2 aromatic heterocycles. The van der Waals surface area contributed by atoms with E-state index >= 15 is 0 Å². The molecule has 90 valence electrons. The fourth-order valence-electron chi connectivity index (χ4n) is 2.01. The zero-order valence-corrected chi connectivity index (χ0v) is 10.4. The van der Waals surface area contributed by atoms with Crippen LogP contribution in [0.15, 0.2) is 29.6 Å². The number of oxime groups is 1. The predicted molar refractivity (Wildman–Crippen MR) is 67.9 cm³/mol. The van der Waals surface area contributed by atoms with Crippen molar-refractivity contribution in [3.8, 4) is 0 Å². The fourth-order valence-corrected chi connectivity index (χ4v) is 2.01. The van der Waals surface area contributed by atoms with Gasteiger partial charge in [0.1, 0.15) is 0 Å². The Hall–Kier alpha value is -1.84. The molecule has 0 radical (unpaired) electrons. The van der Waals surface area contributed by atoms with Crippen LogP contribution in [0.3, 0.4) is 0 Å². The lowest BCUT2D eigenvalue weighted by atomic mass is 10.00. The second-order valence-electron chi connectivity index (χ2n) is 4.35. The molecule has 17 heavy (non-hydrogen) atoms. The first-order chi connectivity index (χ1) is 8.19. The van der Waals surface area contributed by atoms with Crippen molar-refractivity contribution in [3.05, 3.63) is 35.7 Å². The summed E-state index contributed by atoms with van der Waals surface area (Å²) in [7, 11) is 0. The van der Waals surface area contributed by atoms with Crippen LogP contribution < -0.4 is 0 Å². The van der Waals surface area contributed by atoms with Gasteiger partial charge in [-0.3, -0.25) is 0 Å². The van der Waals surface area contributed by atoms with E-state index in [0.717, 1.165) is 16.8 Å². The number of hydrogen-bond acceptors (Lipinski definition) is 3. The van der Waals surface area contributed by atoms with E-state index in [9.17, 15) is 0 Å². The van der Waals surface area contributed by atoms with Crippen LogP contribution >= 0.6 is 0 Å². The zero-order valence-electron chi connectivity index (χ0n) is 10.4. The van der Waals surface area contributed by atoms with E-state index < -0.39 is 0 Å². The monoisotopic (exact) mass is 231 g/mol. The lowest BCUT2D eigenvalue weighted by Gasteiger charge is -2.05. The molecule has 2 rings (SSSR count). The van der Waals surface area contributed by atoms with Crippen LogP contribution in [0.1, 0.15) is 44.4 Å². The van der Waals surface area contributed by atoms with Crippen molar-refractivity contribution in [2.75, 3.05) is 0 Å². The predicted octanol–water partition coefficient (Wildman–Crippen LogP) is 3.05. The van der Waals surface area contributed by atoms with Gasteiger partial charge >= 0.3 is 0 Å². The Balaban J connectivity index is 2.76. The van der Waals surface area contributed by atoms with E-state index in [1.54, 1.807) is 0 Å². The summed E-state index contributed by atoms with van der Waals surface area (Å²) in [6, 6.07) is 5.90. The molecule has 0 bridgehead atoms. The first-order valence-electron chi connectivity index (χ1n) is 5.87. The van der Waals surface area contributed by atoms with Gasteiger partial charge in [0.25, 0.3) is 0 Å². The Kier molecular flexibility index (Phi) is 3.13. The standard InChI is InChI=1S/C13H17N3O/c1-4-10(15-17)12-11-7-5-6-8-16(11)14-13(12)9(2)3/h5-9,17H,4H2,1-3H3/b15-10-. The number of rotatable bonds is 3. The molecular formula is C13H17N3O. The van der Waals surface area contributed by atoms with Crippen molar-refractivity contribution in [2.45, 2.75) is 33.1 Å². The quantitative estimate of drug-likeness (QED) is 0.501. The summed E-state index contributed by atoms with van der Waals surface area (Å²) in [5.74, 6) is 0.299. The molecule has 0 aliphatic heterocycles. The van der Waals surface area contributed by atoms with Gasteiger partial charge in [-0.2, -0.15) is 5.10 Å². The van der Waals surface area contributed by atoms with Gasteiger partial charge in [-0.05, 0) is 24.5 Å². The van der Waals surface area contributed by atoms with Crippen LogP contribution in [0.2, 0.25) is 0 Å². The summed E-state index contributed by atoms with van der Waals surface area (Å²) < 4.78 is 1.84. The molecule has 0 saturated heterocycles. The lowest BCUT2D eigenvalue weighted by Crippen LogP contribution is -2.03. The van der Waals surface area contributed by atoms with Gasteiger partial charge < -0.3 is 5.21 Å².